The van der Waals surface area contributed by atoms with Gasteiger partial charge in [-0.05, 0) is 29.8 Å². The van der Waals surface area contributed by atoms with E-state index in [1.165, 1.54) is 19.2 Å². The fourth-order valence-electron chi connectivity index (χ4n) is 1.78. The van der Waals surface area contributed by atoms with Crippen LogP contribution in [0.3, 0.4) is 0 Å². The average molecular weight is 345 g/mol. The highest BCUT2D eigenvalue weighted by atomic mass is 35.5. The quantitative estimate of drug-likeness (QED) is 0.896. The summed E-state index contributed by atoms with van der Waals surface area (Å²) in [5.41, 5.74) is 0.134. The van der Waals surface area contributed by atoms with Crippen LogP contribution in [0, 0.1) is 11.6 Å². The Morgan fingerprint density at radius 2 is 1.91 bits per heavy atom. The predicted octanol–water partition coefficient (Wildman–Crippen LogP) is 2.90. The van der Waals surface area contributed by atoms with E-state index < -0.39 is 29.5 Å². The molecule has 0 saturated carbocycles. The van der Waals surface area contributed by atoms with Crippen molar-refractivity contribution in [3.63, 3.8) is 0 Å². The van der Waals surface area contributed by atoms with Gasteiger partial charge in [0.1, 0.15) is 6.04 Å². The Bertz CT molecular complexity index is 721. The summed E-state index contributed by atoms with van der Waals surface area (Å²) in [4.78, 5) is 24.3. The standard InChI is InChI=1S/C14H11ClF2N2O2S/c1-18-14(21)12(7-2-3-8(16)9(17)6-7)19-13(20)10-4-5-11(15)22-10/h2-6,12H,1H3,(H,18,21)(H,19,20). The lowest BCUT2D eigenvalue weighted by molar-refractivity contribution is -0.122. The summed E-state index contributed by atoms with van der Waals surface area (Å²) in [6, 6.07) is 4.92. The molecular formula is C14H11ClF2N2O2S. The average Bonchev–Trinajstić information content (AvgIpc) is 2.93. The van der Waals surface area contributed by atoms with Crippen LogP contribution in [0.1, 0.15) is 21.3 Å². The molecule has 0 bridgehead atoms. The lowest BCUT2D eigenvalue weighted by atomic mass is 10.1. The van der Waals surface area contributed by atoms with Crippen molar-refractivity contribution in [2.45, 2.75) is 6.04 Å². The molecule has 22 heavy (non-hydrogen) atoms. The lowest BCUT2D eigenvalue weighted by Crippen LogP contribution is -2.38. The second kappa shape index (κ2) is 6.85. The van der Waals surface area contributed by atoms with Crippen LogP contribution in [0.5, 0.6) is 0 Å². The maximum atomic E-state index is 13.3. The van der Waals surface area contributed by atoms with Crippen LogP contribution in [-0.2, 0) is 4.79 Å². The van der Waals surface area contributed by atoms with E-state index in [0.29, 0.717) is 9.21 Å². The molecule has 116 valence electrons. The number of thiophene rings is 1. The third-order valence-electron chi connectivity index (χ3n) is 2.86. The molecule has 0 aliphatic carbocycles. The summed E-state index contributed by atoms with van der Waals surface area (Å²) >= 11 is 6.80. The monoisotopic (exact) mass is 344 g/mol. The number of carbonyl (C=O) groups is 2. The van der Waals surface area contributed by atoms with E-state index in [4.69, 9.17) is 11.6 Å². The van der Waals surface area contributed by atoms with Crippen molar-refractivity contribution in [3.05, 3.63) is 56.7 Å². The zero-order valence-electron chi connectivity index (χ0n) is 11.3. The van der Waals surface area contributed by atoms with Crippen LogP contribution >= 0.6 is 22.9 Å². The maximum absolute atomic E-state index is 13.3. The summed E-state index contributed by atoms with van der Waals surface area (Å²) < 4.78 is 26.8. The first kappa shape index (κ1) is 16.4. The van der Waals surface area contributed by atoms with Crippen molar-refractivity contribution in [2.75, 3.05) is 7.05 Å². The molecule has 0 aliphatic heterocycles. The van der Waals surface area contributed by atoms with Gasteiger partial charge >= 0.3 is 0 Å². The third-order valence-corrected chi connectivity index (χ3v) is 4.09. The minimum Gasteiger partial charge on any atom is -0.357 e. The number of benzene rings is 1. The Kier molecular flexibility index (Phi) is 5.10. The molecule has 2 aromatic rings. The number of hydrogen-bond acceptors (Lipinski definition) is 3. The zero-order chi connectivity index (χ0) is 16.3. The molecule has 2 rings (SSSR count). The first-order valence-corrected chi connectivity index (χ1v) is 7.34. The summed E-state index contributed by atoms with van der Waals surface area (Å²) in [6.07, 6.45) is 0. The number of nitrogens with one attached hydrogen (secondary N) is 2. The molecule has 0 spiro atoms. The SMILES string of the molecule is CNC(=O)C(NC(=O)c1ccc(Cl)s1)c1ccc(F)c(F)c1. The van der Waals surface area contributed by atoms with Crippen molar-refractivity contribution >= 4 is 34.8 Å². The van der Waals surface area contributed by atoms with Crippen LogP contribution in [0.15, 0.2) is 30.3 Å². The maximum Gasteiger partial charge on any atom is 0.262 e. The Labute approximate surface area is 134 Å². The van der Waals surface area contributed by atoms with Crippen LogP contribution in [0.4, 0.5) is 8.78 Å². The van der Waals surface area contributed by atoms with Gasteiger partial charge in [-0.2, -0.15) is 0 Å². The molecule has 2 amide bonds. The normalized spacial score (nSPS) is 11.8. The minimum atomic E-state index is -1.14. The van der Waals surface area contributed by atoms with Crippen molar-refractivity contribution in [3.8, 4) is 0 Å². The van der Waals surface area contributed by atoms with Gasteiger partial charge in [0.05, 0.1) is 9.21 Å². The number of halogens is 3. The molecule has 0 radical (unpaired) electrons. The van der Waals surface area contributed by atoms with Crippen LogP contribution < -0.4 is 10.6 Å². The fourth-order valence-corrected chi connectivity index (χ4v) is 2.72. The van der Waals surface area contributed by atoms with E-state index >= 15 is 0 Å². The number of rotatable bonds is 4. The van der Waals surface area contributed by atoms with Gasteiger partial charge in [-0.15, -0.1) is 11.3 Å². The molecule has 2 N–H and O–H groups in total. The first-order chi connectivity index (χ1) is 10.4. The van der Waals surface area contributed by atoms with Crippen molar-refractivity contribution in [1.29, 1.82) is 0 Å². The smallest absolute Gasteiger partial charge is 0.262 e. The third kappa shape index (κ3) is 3.61. The summed E-state index contributed by atoms with van der Waals surface area (Å²) in [5.74, 6) is -3.21. The second-order valence-electron chi connectivity index (χ2n) is 4.30. The van der Waals surface area contributed by atoms with Crippen LogP contribution in [-0.4, -0.2) is 18.9 Å². The fraction of sp³-hybridized carbons (Fsp3) is 0.143. The summed E-state index contributed by atoms with van der Waals surface area (Å²) in [5, 5.41) is 4.84. The Balaban J connectivity index is 2.28. The van der Waals surface area contributed by atoms with Gasteiger partial charge in [0.25, 0.3) is 5.91 Å². The number of carbonyl (C=O) groups excluding carboxylic acids is 2. The molecule has 0 aliphatic rings. The van der Waals surface area contributed by atoms with E-state index in [1.54, 1.807) is 6.07 Å². The second-order valence-corrected chi connectivity index (χ2v) is 6.01. The van der Waals surface area contributed by atoms with Crippen molar-refractivity contribution in [2.24, 2.45) is 0 Å². The first-order valence-electron chi connectivity index (χ1n) is 6.15. The van der Waals surface area contributed by atoms with E-state index in [2.05, 4.69) is 10.6 Å². The minimum absolute atomic E-state index is 0.134. The molecule has 1 atom stereocenters. The lowest BCUT2D eigenvalue weighted by Gasteiger charge is -2.17. The highest BCUT2D eigenvalue weighted by Gasteiger charge is 2.24. The molecule has 1 aromatic heterocycles. The Hall–Kier alpha value is -1.99. The molecule has 1 heterocycles. The predicted molar refractivity (Wildman–Crippen MR) is 80.0 cm³/mol. The van der Waals surface area contributed by atoms with E-state index in [1.807, 2.05) is 0 Å². The molecule has 8 heteroatoms. The molecule has 4 nitrogen and oxygen atoms in total. The summed E-state index contributed by atoms with van der Waals surface area (Å²) in [6.45, 7) is 0. The van der Waals surface area contributed by atoms with E-state index in [-0.39, 0.29) is 5.56 Å². The highest BCUT2D eigenvalue weighted by molar-refractivity contribution is 7.18. The number of hydrogen-bond donors (Lipinski definition) is 2. The Morgan fingerprint density at radius 1 is 1.18 bits per heavy atom. The number of amides is 2. The van der Waals surface area contributed by atoms with Crippen LogP contribution in [0.2, 0.25) is 4.34 Å². The summed E-state index contributed by atoms with van der Waals surface area (Å²) in [7, 11) is 1.38. The van der Waals surface area contributed by atoms with Gasteiger partial charge in [0, 0.05) is 7.05 Å². The topological polar surface area (TPSA) is 58.2 Å². The van der Waals surface area contributed by atoms with Gasteiger partial charge < -0.3 is 10.6 Å². The largest absolute Gasteiger partial charge is 0.357 e. The Morgan fingerprint density at radius 3 is 2.45 bits per heavy atom. The van der Waals surface area contributed by atoms with E-state index in [9.17, 15) is 18.4 Å². The van der Waals surface area contributed by atoms with Gasteiger partial charge in [0.15, 0.2) is 11.6 Å². The molecule has 1 aromatic carbocycles. The number of likely N-dealkylation sites (N-methyl/N-ethyl adjacent to an activating group) is 1. The molecule has 0 saturated heterocycles. The van der Waals surface area contributed by atoms with Gasteiger partial charge in [-0.25, -0.2) is 8.78 Å². The van der Waals surface area contributed by atoms with Crippen molar-refractivity contribution < 1.29 is 18.4 Å². The van der Waals surface area contributed by atoms with Crippen LogP contribution in [0.25, 0.3) is 0 Å². The van der Waals surface area contributed by atoms with Gasteiger partial charge in [-0.1, -0.05) is 17.7 Å². The zero-order valence-corrected chi connectivity index (χ0v) is 12.9. The van der Waals surface area contributed by atoms with E-state index in [0.717, 1.165) is 23.5 Å². The highest BCUT2D eigenvalue weighted by Crippen LogP contribution is 2.23. The molecule has 0 fully saturated rings. The van der Waals surface area contributed by atoms with Crippen molar-refractivity contribution in [1.82, 2.24) is 10.6 Å². The van der Waals surface area contributed by atoms with Gasteiger partial charge in [-0.3, -0.25) is 9.59 Å². The molecular weight excluding hydrogens is 334 g/mol. The van der Waals surface area contributed by atoms with Gasteiger partial charge in [0.2, 0.25) is 5.91 Å². The molecule has 1 unspecified atom stereocenters.